The van der Waals surface area contributed by atoms with E-state index in [2.05, 4.69) is 17.2 Å². The molecule has 0 aliphatic heterocycles. The summed E-state index contributed by atoms with van der Waals surface area (Å²) in [7, 11) is 0. The number of benzene rings is 2. The summed E-state index contributed by atoms with van der Waals surface area (Å²) in [5.74, 6) is -0.528. The molecule has 122 valence electrons. The smallest absolute Gasteiger partial charge is 0.285 e. The van der Waals surface area contributed by atoms with Crippen LogP contribution in [0.2, 0.25) is 0 Å². The van der Waals surface area contributed by atoms with Crippen molar-refractivity contribution >= 4 is 38.3 Å². The van der Waals surface area contributed by atoms with E-state index in [0.717, 1.165) is 16.6 Å². The van der Waals surface area contributed by atoms with Gasteiger partial charge in [-0.2, -0.15) is 0 Å². The molecular formula is C17H15N3O3S. The minimum atomic E-state index is -0.532. The third-order valence-corrected chi connectivity index (χ3v) is 4.68. The summed E-state index contributed by atoms with van der Waals surface area (Å²) in [4.78, 5) is 27.5. The molecule has 7 heteroatoms. The summed E-state index contributed by atoms with van der Waals surface area (Å²) in [6.07, 6.45) is 0.922. The van der Waals surface area contributed by atoms with Gasteiger partial charge in [0.15, 0.2) is 5.13 Å². The maximum atomic E-state index is 12.4. The van der Waals surface area contributed by atoms with E-state index >= 15 is 0 Å². The number of nitro groups is 1. The molecule has 0 radical (unpaired) electrons. The highest BCUT2D eigenvalue weighted by Gasteiger charge is 2.23. The van der Waals surface area contributed by atoms with E-state index in [1.54, 1.807) is 19.1 Å². The van der Waals surface area contributed by atoms with Crippen molar-refractivity contribution in [1.82, 2.24) is 4.98 Å². The van der Waals surface area contributed by atoms with Crippen molar-refractivity contribution in [3.8, 4) is 0 Å². The third-order valence-electron chi connectivity index (χ3n) is 3.75. The molecule has 0 saturated carbocycles. The van der Waals surface area contributed by atoms with Crippen LogP contribution in [-0.2, 0) is 6.42 Å². The number of carbonyl (C=O) groups is 1. The van der Waals surface area contributed by atoms with Crippen LogP contribution in [0.5, 0.6) is 0 Å². The Morgan fingerprint density at radius 3 is 2.83 bits per heavy atom. The average Bonchev–Trinajstić information content (AvgIpc) is 2.95. The van der Waals surface area contributed by atoms with Crippen LogP contribution in [0.3, 0.4) is 0 Å². The molecule has 0 bridgehead atoms. The molecule has 0 unspecified atom stereocenters. The first kappa shape index (κ1) is 16.1. The number of nitro benzene ring substituents is 1. The molecule has 3 rings (SSSR count). The Kier molecular flexibility index (Phi) is 4.26. The van der Waals surface area contributed by atoms with Crippen LogP contribution >= 0.6 is 11.3 Å². The highest BCUT2D eigenvalue weighted by Crippen LogP contribution is 2.29. The second-order valence-electron chi connectivity index (χ2n) is 5.36. The predicted molar refractivity (Wildman–Crippen MR) is 94.8 cm³/mol. The molecular weight excluding hydrogens is 326 g/mol. The number of hydrogen-bond acceptors (Lipinski definition) is 5. The number of carbonyl (C=O) groups excluding carboxylic acids is 1. The number of para-hydroxylation sites is 1. The summed E-state index contributed by atoms with van der Waals surface area (Å²) >= 11 is 1.36. The Morgan fingerprint density at radius 1 is 1.33 bits per heavy atom. The Labute approximate surface area is 142 Å². The fourth-order valence-electron chi connectivity index (χ4n) is 2.49. The number of hydrogen-bond donors (Lipinski definition) is 1. The van der Waals surface area contributed by atoms with Crippen molar-refractivity contribution in [2.24, 2.45) is 0 Å². The van der Waals surface area contributed by atoms with Gasteiger partial charge in [0.25, 0.3) is 11.6 Å². The van der Waals surface area contributed by atoms with Gasteiger partial charge < -0.3 is 0 Å². The molecule has 0 aliphatic rings. The first-order valence-corrected chi connectivity index (χ1v) is 8.26. The summed E-state index contributed by atoms with van der Waals surface area (Å²) in [5.41, 5.74) is 2.30. The Hall–Kier alpha value is -2.80. The van der Waals surface area contributed by atoms with Crippen LogP contribution < -0.4 is 5.32 Å². The number of anilines is 1. The number of nitrogens with zero attached hydrogens (tertiary/aromatic N) is 2. The fourth-order valence-corrected chi connectivity index (χ4v) is 3.42. The quantitative estimate of drug-likeness (QED) is 0.565. The number of aryl methyl sites for hydroxylation is 2. The van der Waals surface area contributed by atoms with E-state index in [0.29, 0.717) is 10.7 Å². The topological polar surface area (TPSA) is 85.1 Å². The molecule has 24 heavy (non-hydrogen) atoms. The number of thiazole rings is 1. The molecule has 1 N–H and O–H groups in total. The molecule has 0 spiro atoms. The van der Waals surface area contributed by atoms with Gasteiger partial charge in [-0.3, -0.25) is 20.2 Å². The number of fused-ring (bicyclic) bond motifs is 1. The summed E-state index contributed by atoms with van der Waals surface area (Å²) in [6.45, 7) is 3.68. The number of nitrogens with one attached hydrogen (secondary N) is 1. The zero-order valence-electron chi connectivity index (χ0n) is 13.2. The van der Waals surface area contributed by atoms with Crippen LogP contribution in [0.25, 0.3) is 10.2 Å². The Bertz CT molecular complexity index is 949. The van der Waals surface area contributed by atoms with Crippen LogP contribution in [0.1, 0.15) is 28.4 Å². The SMILES string of the molecule is CCc1ccc2nc(NC(=O)c3cccc(C)c3[N+](=O)[O-])sc2c1. The van der Waals surface area contributed by atoms with E-state index in [9.17, 15) is 14.9 Å². The lowest BCUT2D eigenvalue weighted by molar-refractivity contribution is -0.385. The lowest BCUT2D eigenvalue weighted by atomic mass is 10.1. The summed E-state index contributed by atoms with van der Waals surface area (Å²) in [5, 5.41) is 14.3. The van der Waals surface area contributed by atoms with E-state index in [-0.39, 0.29) is 11.3 Å². The molecule has 0 aliphatic carbocycles. The monoisotopic (exact) mass is 341 g/mol. The van der Waals surface area contributed by atoms with Gasteiger partial charge in [0.1, 0.15) is 5.56 Å². The molecule has 1 heterocycles. The second-order valence-corrected chi connectivity index (χ2v) is 6.39. The highest BCUT2D eigenvalue weighted by molar-refractivity contribution is 7.22. The zero-order chi connectivity index (χ0) is 17.3. The van der Waals surface area contributed by atoms with E-state index in [4.69, 9.17) is 0 Å². The van der Waals surface area contributed by atoms with Crippen molar-refractivity contribution in [2.45, 2.75) is 20.3 Å². The maximum absolute atomic E-state index is 12.4. The van der Waals surface area contributed by atoms with Crippen molar-refractivity contribution in [1.29, 1.82) is 0 Å². The van der Waals surface area contributed by atoms with Gasteiger partial charge in [0.2, 0.25) is 0 Å². The summed E-state index contributed by atoms with van der Waals surface area (Å²) in [6, 6.07) is 10.6. The average molecular weight is 341 g/mol. The van der Waals surface area contributed by atoms with Crippen LogP contribution in [0.15, 0.2) is 36.4 Å². The molecule has 3 aromatic rings. The van der Waals surface area contributed by atoms with Gasteiger partial charge in [-0.25, -0.2) is 4.98 Å². The van der Waals surface area contributed by atoms with E-state index in [1.807, 2.05) is 18.2 Å². The van der Waals surface area contributed by atoms with Gasteiger partial charge >= 0.3 is 0 Å². The molecule has 2 aromatic carbocycles. The van der Waals surface area contributed by atoms with Gasteiger partial charge in [0, 0.05) is 5.56 Å². The van der Waals surface area contributed by atoms with Gasteiger partial charge in [-0.1, -0.05) is 36.5 Å². The molecule has 0 fully saturated rings. The summed E-state index contributed by atoms with van der Waals surface area (Å²) < 4.78 is 0.975. The number of aromatic nitrogens is 1. The Morgan fingerprint density at radius 2 is 2.12 bits per heavy atom. The van der Waals surface area contributed by atoms with Crippen LogP contribution in [0.4, 0.5) is 10.8 Å². The van der Waals surface area contributed by atoms with E-state index < -0.39 is 10.8 Å². The largest absolute Gasteiger partial charge is 0.298 e. The minimum absolute atomic E-state index is 0.0357. The van der Waals surface area contributed by atoms with Crippen LogP contribution in [-0.4, -0.2) is 15.8 Å². The molecule has 1 amide bonds. The normalized spacial score (nSPS) is 10.8. The van der Waals surface area contributed by atoms with Crippen molar-refractivity contribution in [3.05, 3.63) is 63.2 Å². The standard InChI is InChI=1S/C17H15N3O3S/c1-3-11-7-8-13-14(9-11)24-17(18-13)19-16(21)12-6-4-5-10(2)15(12)20(22)23/h4-9H,3H2,1-2H3,(H,18,19,21). The highest BCUT2D eigenvalue weighted by atomic mass is 32.1. The lowest BCUT2D eigenvalue weighted by Gasteiger charge is -2.04. The number of amides is 1. The lowest BCUT2D eigenvalue weighted by Crippen LogP contribution is -2.14. The van der Waals surface area contributed by atoms with Gasteiger partial charge in [-0.05, 0) is 37.1 Å². The predicted octanol–water partition coefficient (Wildman–Crippen LogP) is 4.33. The molecule has 6 nitrogen and oxygen atoms in total. The van der Waals surface area contributed by atoms with Crippen molar-refractivity contribution in [2.75, 3.05) is 5.32 Å². The van der Waals surface area contributed by atoms with E-state index in [1.165, 1.54) is 23.0 Å². The van der Waals surface area contributed by atoms with Crippen molar-refractivity contribution < 1.29 is 9.72 Å². The first-order chi connectivity index (χ1) is 11.5. The molecule has 0 saturated heterocycles. The first-order valence-electron chi connectivity index (χ1n) is 7.44. The van der Waals surface area contributed by atoms with Crippen LogP contribution in [0, 0.1) is 17.0 Å². The zero-order valence-corrected chi connectivity index (χ0v) is 14.0. The van der Waals surface area contributed by atoms with Gasteiger partial charge in [0.05, 0.1) is 15.1 Å². The fraction of sp³-hybridized carbons (Fsp3) is 0.176. The van der Waals surface area contributed by atoms with Gasteiger partial charge in [-0.15, -0.1) is 0 Å². The van der Waals surface area contributed by atoms with Crippen molar-refractivity contribution in [3.63, 3.8) is 0 Å². The minimum Gasteiger partial charge on any atom is -0.298 e. The molecule has 1 aromatic heterocycles. The third kappa shape index (κ3) is 2.98. The molecule has 0 atom stereocenters. The number of rotatable bonds is 4. The second kappa shape index (κ2) is 6.37. The Balaban J connectivity index is 1.93. The maximum Gasteiger partial charge on any atom is 0.285 e.